The minimum Gasteiger partial charge on any atom is -0.207 e. The van der Waals surface area contributed by atoms with Gasteiger partial charge in [-0.15, -0.1) is 0 Å². The molecule has 9 heteroatoms. The average molecular weight is 360 g/mol. The molecule has 0 aliphatic rings. The van der Waals surface area contributed by atoms with Gasteiger partial charge in [0.15, 0.2) is 5.71 Å². The second kappa shape index (κ2) is 6.60. The molecule has 0 saturated carbocycles. The number of nitrogens with zero attached hydrogens (tertiary/aromatic N) is 1. The third-order valence-electron chi connectivity index (χ3n) is 3.00. The van der Waals surface area contributed by atoms with Gasteiger partial charge in [0.1, 0.15) is 5.82 Å². The molecule has 0 fully saturated rings. The standard InChI is InChI=1S/C15H12F4N2O2S/c1-10-2-8-13(9-3-10)24(22,23)21-20-14(15(17,18)19)11-4-6-12(16)7-5-11/h2-9,21H,1H3/b20-14+. The van der Waals surface area contributed by atoms with Crippen LogP contribution in [0.4, 0.5) is 17.6 Å². The fraction of sp³-hybridized carbons (Fsp3) is 0.133. The van der Waals surface area contributed by atoms with Crippen molar-refractivity contribution in [3.8, 4) is 0 Å². The van der Waals surface area contributed by atoms with E-state index in [0.29, 0.717) is 0 Å². The first kappa shape index (κ1) is 17.9. The fourth-order valence-electron chi connectivity index (χ4n) is 1.78. The second-order valence-corrected chi connectivity index (χ2v) is 6.53. The van der Waals surface area contributed by atoms with Gasteiger partial charge < -0.3 is 0 Å². The van der Waals surface area contributed by atoms with E-state index in [0.717, 1.165) is 29.8 Å². The van der Waals surface area contributed by atoms with Gasteiger partial charge in [0.25, 0.3) is 10.0 Å². The number of rotatable bonds is 4. The molecule has 0 aliphatic heterocycles. The molecule has 0 radical (unpaired) electrons. The summed E-state index contributed by atoms with van der Waals surface area (Å²) in [6.07, 6.45) is -4.92. The normalized spacial score (nSPS) is 13.0. The van der Waals surface area contributed by atoms with Gasteiger partial charge in [0.05, 0.1) is 4.90 Å². The molecule has 0 atom stereocenters. The molecule has 24 heavy (non-hydrogen) atoms. The Labute approximate surface area is 135 Å². The summed E-state index contributed by atoms with van der Waals surface area (Å²) >= 11 is 0. The molecule has 2 aromatic carbocycles. The molecule has 0 aliphatic carbocycles. The van der Waals surface area contributed by atoms with E-state index in [-0.39, 0.29) is 4.90 Å². The Hall–Kier alpha value is -2.42. The summed E-state index contributed by atoms with van der Waals surface area (Å²) < 4.78 is 76.1. The zero-order valence-electron chi connectivity index (χ0n) is 12.3. The van der Waals surface area contributed by atoms with Crippen LogP contribution in [0, 0.1) is 12.7 Å². The number of benzene rings is 2. The van der Waals surface area contributed by atoms with Gasteiger partial charge in [0.2, 0.25) is 0 Å². The highest BCUT2D eigenvalue weighted by Crippen LogP contribution is 2.23. The Kier molecular flexibility index (Phi) is 4.93. The second-order valence-electron chi connectivity index (χ2n) is 4.87. The predicted molar refractivity (Wildman–Crippen MR) is 80.5 cm³/mol. The van der Waals surface area contributed by atoms with Crippen molar-refractivity contribution in [2.75, 3.05) is 0 Å². The van der Waals surface area contributed by atoms with Gasteiger partial charge >= 0.3 is 6.18 Å². The molecule has 0 amide bonds. The molecule has 1 N–H and O–H groups in total. The van der Waals surface area contributed by atoms with Crippen LogP contribution in [-0.2, 0) is 10.0 Å². The SMILES string of the molecule is Cc1ccc(S(=O)(=O)N/N=C(\c2ccc(F)cc2)C(F)(F)F)cc1. The molecule has 0 aromatic heterocycles. The number of hydrogen-bond donors (Lipinski definition) is 1. The molecule has 0 unspecified atom stereocenters. The molecule has 0 spiro atoms. The van der Waals surface area contributed by atoms with Gasteiger partial charge in [-0.3, -0.25) is 0 Å². The van der Waals surface area contributed by atoms with Crippen molar-refractivity contribution in [2.45, 2.75) is 18.0 Å². The number of sulfonamides is 1. The highest BCUT2D eigenvalue weighted by Gasteiger charge is 2.37. The Morgan fingerprint density at radius 1 is 1.00 bits per heavy atom. The van der Waals surface area contributed by atoms with Crippen LogP contribution < -0.4 is 4.83 Å². The summed E-state index contributed by atoms with van der Waals surface area (Å²) in [7, 11) is -4.26. The Balaban J connectivity index is 2.37. The highest BCUT2D eigenvalue weighted by atomic mass is 32.2. The summed E-state index contributed by atoms with van der Waals surface area (Å²) in [5.41, 5.74) is -1.14. The first-order valence-corrected chi connectivity index (χ1v) is 8.07. The third-order valence-corrected chi connectivity index (χ3v) is 4.22. The van der Waals surface area contributed by atoms with Crippen molar-refractivity contribution >= 4 is 15.7 Å². The molecule has 2 aromatic rings. The maximum atomic E-state index is 13.1. The van der Waals surface area contributed by atoms with Crippen molar-refractivity contribution in [3.63, 3.8) is 0 Å². The van der Waals surface area contributed by atoms with E-state index >= 15 is 0 Å². The van der Waals surface area contributed by atoms with Gasteiger partial charge in [-0.1, -0.05) is 17.7 Å². The monoisotopic (exact) mass is 360 g/mol. The number of hydrazone groups is 1. The van der Waals surface area contributed by atoms with E-state index in [4.69, 9.17) is 0 Å². The molecule has 0 bridgehead atoms. The van der Waals surface area contributed by atoms with Crippen LogP contribution in [-0.4, -0.2) is 20.3 Å². The molecule has 4 nitrogen and oxygen atoms in total. The molecular formula is C15H12F4N2O2S. The van der Waals surface area contributed by atoms with Gasteiger partial charge in [0, 0.05) is 5.56 Å². The molecule has 0 heterocycles. The van der Waals surface area contributed by atoms with Crippen LogP contribution in [0.5, 0.6) is 0 Å². The summed E-state index contributed by atoms with van der Waals surface area (Å²) in [5.74, 6) is -0.722. The minimum atomic E-state index is -4.92. The van der Waals surface area contributed by atoms with Crippen molar-refractivity contribution in [3.05, 3.63) is 65.5 Å². The maximum Gasteiger partial charge on any atom is 0.435 e. The zero-order chi connectivity index (χ0) is 18.0. The lowest BCUT2D eigenvalue weighted by Crippen LogP contribution is -2.29. The summed E-state index contributed by atoms with van der Waals surface area (Å²) in [6, 6.07) is 8.88. The van der Waals surface area contributed by atoms with E-state index in [9.17, 15) is 26.0 Å². The first-order chi connectivity index (χ1) is 11.1. The smallest absolute Gasteiger partial charge is 0.207 e. The van der Waals surface area contributed by atoms with Crippen molar-refractivity contribution in [2.24, 2.45) is 5.10 Å². The maximum absolute atomic E-state index is 13.1. The number of hydrogen-bond acceptors (Lipinski definition) is 3. The summed E-state index contributed by atoms with van der Waals surface area (Å²) in [6.45, 7) is 1.73. The molecule has 2 rings (SSSR count). The van der Waals surface area contributed by atoms with Crippen LogP contribution in [0.15, 0.2) is 58.5 Å². The Morgan fingerprint density at radius 3 is 2.04 bits per heavy atom. The highest BCUT2D eigenvalue weighted by molar-refractivity contribution is 7.89. The Morgan fingerprint density at radius 2 is 1.54 bits per heavy atom. The summed E-state index contributed by atoms with van der Waals surface area (Å²) in [4.78, 5) is 1.34. The van der Waals surface area contributed by atoms with Gasteiger partial charge in [-0.2, -0.15) is 31.5 Å². The van der Waals surface area contributed by atoms with E-state index < -0.39 is 33.3 Å². The van der Waals surface area contributed by atoms with Crippen LogP contribution >= 0.6 is 0 Å². The molecular weight excluding hydrogens is 348 g/mol. The Bertz CT molecular complexity index is 843. The zero-order valence-corrected chi connectivity index (χ0v) is 13.1. The number of aryl methyl sites for hydroxylation is 1. The number of alkyl halides is 3. The lowest BCUT2D eigenvalue weighted by Gasteiger charge is -2.11. The number of nitrogens with one attached hydrogen (secondary N) is 1. The van der Waals surface area contributed by atoms with E-state index in [1.807, 2.05) is 0 Å². The van der Waals surface area contributed by atoms with E-state index in [1.165, 1.54) is 24.3 Å². The van der Waals surface area contributed by atoms with E-state index in [1.54, 1.807) is 11.8 Å². The lowest BCUT2D eigenvalue weighted by atomic mass is 10.1. The minimum absolute atomic E-state index is 0.225. The predicted octanol–water partition coefficient (Wildman–Crippen LogP) is 3.38. The van der Waals surface area contributed by atoms with Crippen LogP contribution in [0.3, 0.4) is 0 Å². The van der Waals surface area contributed by atoms with E-state index in [2.05, 4.69) is 5.10 Å². The lowest BCUT2D eigenvalue weighted by molar-refractivity contribution is -0.0583. The third kappa shape index (κ3) is 4.31. The number of halogens is 4. The summed E-state index contributed by atoms with van der Waals surface area (Å²) in [5, 5.41) is 3.00. The van der Waals surface area contributed by atoms with Crippen LogP contribution in [0.2, 0.25) is 0 Å². The topological polar surface area (TPSA) is 58.5 Å². The van der Waals surface area contributed by atoms with Crippen LogP contribution in [0.1, 0.15) is 11.1 Å². The average Bonchev–Trinajstić information content (AvgIpc) is 2.48. The first-order valence-electron chi connectivity index (χ1n) is 6.59. The molecule has 128 valence electrons. The molecule has 0 saturated heterocycles. The van der Waals surface area contributed by atoms with Gasteiger partial charge in [-0.05, 0) is 43.3 Å². The van der Waals surface area contributed by atoms with Crippen LogP contribution in [0.25, 0.3) is 0 Å². The fourth-order valence-corrected chi connectivity index (χ4v) is 2.59. The van der Waals surface area contributed by atoms with Gasteiger partial charge in [-0.25, -0.2) is 4.39 Å². The van der Waals surface area contributed by atoms with Crippen molar-refractivity contribution in [1.29, 1.82) is 0 Å². The largest absolute Gasteiger partial charge is 0.435 e. The quantitative estimate of drug-likeness (QED) is 0.516. The van der Waals surface area contributed by atoms with Crippen molar-refractivity contribution < 1.29 is 26.0 Å². The van der Waals surface area contributed by atoms with Crippen molar-refractivity contribution in [1.82, 2.24) is 4.83 Å².